The normalized spacial score (nSPS) is 14.4. The van der Waals surface area contributed by atoms with E-state index in [4.69, 9.17) is 9.98 Å². The number of benzene rings is 7. The monoisotopic (exact) mass is 707 g/mol. The first-order valence-corrected chi connectivity index (χ1v) is 18.8. The molecule has 1 atom stereocenters. The van der Waals surface area contributed by atoms with Crippen LogP contribution in [0.25, 0.3) is 44.5 Å². The second-order valence-corrected chi connectivity index (χ2v) is 14.6. The van der Waals surface area contributed by atoms with E-state index < -0.39 is 6.17 Å². The average Bonchev–Trinajstić information content (AvgIpc) is 3.65. The Morgan fingerprint density at radius 1 is 0.473 bits per heavy atom. The zero-order chi connectivity index (χ0) is 37.8. The highest BCUT2D eigenvalue weighted by atomic mass is 16.3. The van der Waals surface area contributed by atoms with E-state index in [1.54, 1.807) is 0 Å². The Morgan fingerprint density at radius 2 is 0.982 bits per heavy atom. The van der Waals surface area contributed by atoms with Crippen molar-refractivity contribution in [3.63, 3.8) is 0 Å². The molecule has 1 aliphatic heterocycles. The van der Waals surface area contributed by atoms with Crippen molar-refractivity contribution in [3.8, 4) is 56.0 Å². The van der Waals surface area contributed by atoms with E-state index in [0.717, 1.165) is 94.2 Å². The maximum Gasteiger partial charge on any atom is 0.159 e. The molecule has 5 nitrogen and oxygen atoms in total. The second-order valence-electron chi connectivity index (χ2n) is 14.6. The molecule has 1 heterocycles. The molecular formula is C46H37B4N3O2. The molecule has 7 aromatic carbocycles. The molecule has 0 saturated carbocycles. The van der Waals surface area contributed by atoms with Crippen LogP contribution >= 0.6 is 0 Å². The standard InChI is InChI=1S/C46H37B4N3O2/c47-38-32-24-33-35(40(49)34(42(54)39(33)48)28-15-8-3-9-16-28)36(32)41(50)43(55)37(38)46-52-44(29-21-19-27(20-22-29)25-11-4-1-5-12-25)51-45(53-46)31-18-10-17-30(23-31)26-13-6-2-7-14-26/h1-23,46,54-55H,24,47-50H2,(H,51,52,53). The van der Waals surface area contributed by atoms with Gasteiger partial charge < -0.3 is 15.5 Å². The first-order chi connectivity index (χ1) is 26.8. The number of hydrogen-bond donors (Lipinski definition) is 3. The van der Waals surface area contributed by atoms with Gasteiger partial charge in [0, 0.05) is 22.3 Å². The van der Waals surface area contributed by atoms with Crippen LogP contribution in [0.4, 0.5) is 0 Å². The van der Waals surface area contributed by atoms with Gasteiger partial charge in [-0.3, -0.25) is 0 Å². The van der Waals surface area contributed by atoms with Crippen molar-refractivity contribution < 1.29 is 10.2 Å². The number of nitrogens with zero attached hydrogens (tertiary/aromatic N) is 2. The minimum absolute atomic E-state index is 0.217. The summed E-state index contributed by atoms with van der Waals surface area (Å²) in [6.07, 6.45) is 0.0457. The lowest BCUT2D eigenvalue weighted by atomic mass is 9.71. The van der Waals surface area contributed by atoms with Gasteiger partial charge in [0.1, 0.15) is 48.7 Å². The van der Waals surface area contributed by atoms with Crippen LogP contribution in [0.5, 0.6) is 11.5 Å². The number of amidine groups is 2. The Hall–Kier alpha value is -6.46. The van der Waals surface area contributed by atoms with Gasteiger partial charge in [-0.25, -0.2) is 9.98 Å². The molecule has 0 saturated heterocycles. The van der Waals surface area contributed by atoms with E-state index in [1.807, 2.05) is 94.6 Å². The van der Waals surface area contributed by atoms with Gasteiger partial charge in [-0.1, -0.05) is 144 Å². The highest BCUT2D eigenvalue weighted by Crippen LogP contribution is 2.41. The predicted molar refractivity (Wildman–Crippen MR) is 239 cm³/mol. The number of phenols is 2. The SMILES string of the molecule is Bc1c(O)c(-c2ccccc2)c(B)c2c1Cc1c(B)c(C3N=C(c4cccc(-c5ccccc5)c4)N=C(c4ccc(-c5ccccc5)cc4)N3)c(O)c(B)c1-2. The van der Waals surface area contributed by atoms with Gasteiger partial charge in [-0.05, 0) is 73.5 Å². The van der Waals surface area contributed by atoms with Crippen LogP contribution < -0.4 is 27.2 Å². The number of aliphatic imine (C=N–C) groups is 2. The van der Waals surface area contributed by atoms with Crippen LogP contribution in [0.2, 0.25) is 0 Å². The van der Waals surface area contributed by atoms with Crippen LogP contribution in [-0.4, -0.2) is 53.3 Å². The number of nitrogens with one attached hydrogen (secondary N) is 1. The molecule has 0 aromatic heterocycles. The highest BCUT2D eigenvalue weighted by Gasteiger charge is 2.34. The fourth-order valence-electron chi connectivity index (χ4n) is 8.50. The fraction of sp³-hybridized carbons (Fsp3) is 0.0435. The summed E-state index contributed by atoms with van der Waals surface area (Å²) in [4.78, 5) is 10.4. The third-order valence-corrected chi connectivity index (χ3v) is 11.4. The van der Waals surface area contributed by atoms with Crippen molar-refractivity contribution >= 4 is 64.9 Å². The van der Waals surface area contributed by atoms with E-state index in [-0.39, 0.29) is 5.75 Å². The lowest BCUT2D eigenvalue weighted by Gasteiger charge is -2.28. The Labute approximate surface area is 325 Å². The van der Waals surface area contributed by atoms with Gasteiger partial charge in [0.05, 0.1) is 0 Å². The molecular weight excluding hydrogens is 670 g/mol. The van der Waals surface area contributed by atoms with Crippen LogP contribution in [0, 0.1) is 0 Å². The first-order valence-electron chi connectivity index (χ1n) is 18.8. The summed E-state index contributed by atoms with van der Waals surface area (Å²) < 4.78 is 0. The maximum absolute atomic E-state index is 12.3. The Morgan fingerprint density at radius 3 is 1.64 bits per heavy atom. The quantitative estimate of drug-likeness (QED) is 0.233. The fourth-order valence-corrected chi connectivity index (χ4v) is 8.50. The molecule has 0 radical (unpaired) electrons. The minimum Gasteiger partial charge on any atom is -0.508 e. The van der Waals surface area contributed by atoms with E-state index in [1.165, 1.54) is 0 Å². The molecule has 1 unspecified atom stereocenters. The third-order valence-electron chi connectivity index (χ3n) is 11.4. The predicted octanol–water partition coefficient (Wildman–Crippen LogP) is 3.20. The minimum atomic E-state index is -0.611. The van der Waals surface area contributed by atoms with Gasteiger partial charge in [-0.2, -0.15) is 0 Å². The molecule has 3 N–H and O–H groups in total. The lowest BCUT2D eigenvalue weighted by molar-refractivity contribution is 0.464. The summed E-state index contributed by atoms with van der Waals surface area (Å²) in [5.41, 5.74) is 16.9. The van der Waals surface area contributed by atoms with E-state index in [2.05, 4.69) is 81.7 Å². The highest BCUT2D eigenvalue weighted by molar-refractivity contribution is 6.49. The number of hydrogen-bond acceptors (Lipinski definition) is 5. The summed E-state index contributed by atoms with van der Waals surface area (Å²) in [5.74, 6) is 1.81. The van der Waals surface area contributed by atoms with Crippen molar-refractivity contribution in [3.05, 3.63) is 167 Å². The van der Waals surface area contributed by atoms with E-state index in [9.17, 15) is 10.2 Å². The molecule has 0 spiro atoms. The number of fused-ring (bicyclic) bond motifs is 3. The molecule has 260 valence electrons. The zero-order valence-electron chi connectivity index (χ0n) is 31.4. The Balaban J connectivity index is 1.18. The first kappa shape index (κ1) is 34.3. The van der Waals surface area contributed by atoms with Crippen LogP contribution in [0.3, 0.4) is 0 Å². The van der Waals surface area contributed by atoms with Gasteiger partial charge in [0.25, 0.3) is 0 Å². The summed E-state index contributed by atoms with van der Waals surface area (Å²) in [5, 5.41) is 27.5. The van der Waals surface area contributed by atoms with Gasteiger partial charge in [0.2, 0.25) is 0 Å². The molecule has 9 rings (SSSR count). The lowest BCUT2D eigenvalue weighted by Crippen LogP contribution is -2.37. The molecule has 9 heteroatoms. The van der Waals surface area contributed by atoms with E-state index in [0.29, 0.717) is 23.8 Å². The van der Waals surface area contributed by atoms with Gasteiger partial charge in [0.15, 0.2) is 12.0 Å². The number of phenolic OH excluding ortho intramolecular Hbond substituents is 2. The average molecular weight is 707 g/mol. The van der Waals surface area contributed by atoms with Crippen molar-refractivity contribution in [2.24, 2.45) is 9.98 Å². The Kier molecular flexibility index (Phi) is 8.58. The summed E-state index contributed by atoms with van der Waals surface area (Å²) >= 11 is 0. The molecule has 1 aliphatic carbocycles. The third kappa shape index (κ3) is 5.88. The molecule has 0 fully saturated rings. The van der Waals surface area contributed by atoms with E-state index >= 15 is 0 Å². The van der Waals surface area contributed by atoms with Crippen LogP contribution in [-0.2, 0) is 6.42 Å². The van der Waals surface area contributed by atoms with Crippen molar-refractivity contribution in [1.29, 1.82) is 0 Å². The van der Waals surface area contributed by atoms with Gasteiger partial charge >= 0.3 is 0 Å². The van der Waals surface area contributed by atoms with Crippen LogP contribution in [0.1, 0.15) is 34.0 Å². The smallest absolute Gasteiger partial charge is 0.159 e. The van der Waals surface area contributed by atoms with Gasteiger partial charge in [-0.15, -0.1) is 0 Å². The number of aromatic hydroxyl groups is 2. The van der Waals surface area contributed by atoms with Crippen LogP contribution in [0.15, 0.2) is 150 Å². The summed E-state index contributed by atoms with van der Waals surface area (Å²) in [6, 6.07) is 47.5. The Bertz CT molecular complexity index is 2700. The summed E-state index contributed by atoms with van der Waals surface area (Å²) in [6.45, 7) is 0. The number of rotatable bonds is 6. The van der Waals surface area contributed by atoms with Crippen molar-refractivity contribution in [1.82, 2.24) is 5.32 Å². The maximum atomic E-state index is 12.3. The summed E-state index contributed by atoms with van der Waals surface area (Å²) in [7, 11) is 8.19. The molecule has 2 aliphatic rings. The van der Waals surface area contributed by atoms with Crippen molar-refractivity contribution in [2.75, 3.05) is 0 Å². The largest absolute Gasteiger partial charge is 0.508 e. The molecule has 7 aromatic rings. The van der Waals surface area contributed by atoms with Crippen molar-refractivity contribution in [2.45, 2.75) is 12.6 Å². The molecule has 0 bridgehead atoms. The zero-order valence-corrected chi connectivity index (χ0v) is 31.4. The topological polar surface area (TPSA) is 77.2 Å². The molecule has 0 amide bonds. The molecule has 55 heavy (non-hydrogen) atoms. The second kappa shape index (κ2) is 13.7.